The van der Waals surface area contributed by atoms with E-state index in [9.17, 15) is 20.1 Å². The average Bonchev–Trinajstić information content (AvgIpc) is 3.34. The Hall–Kier alpha value is 1.93. The molecule has 7 nitrogen and oxygen atoms in total. The molecule has 6 unspecified atom stereocenters. The first-order valence-corrected chi connectivity index (χ1v) is 23.8. The molecule has 0 spiro atoms. The zero-order valence-electron chi connectivity index (χ0n) is 29.4. The van der Waals surface area contributed by atoms with Crippen molar-refractivity contribution >= 4 is 5.97 Å². The van der Waals surface area contributed by atoms with E-state index < -0.39 is 30.5 Å². The van der Waals surface area contributed by atoms with E-state index in [1.807, 2.05) is 0 Å². The van der Waals surface area contributed by atoms with Gasteiger partial charge in [-0.25, -0.2) is 0 Å². The summed E-state index contributed by atoms with van der Waals surface area (Å²) in [5, 5.41) is 30.0. The summed E-state index contributed by atoms with van der Waals surface area (Å²) < 4.78 is 12.1. The van der Waals surface area contributed by atoms with Gasteiger partial charge in [0.15, 0.2) is 0 Å². The molecule has 5 rings (SSSR count). The Kier molecular flexibility index (Phi) is 11.1. The third kappa shape index (κ3) is 5.09. The van der Waals surface area contributed by atoms with Crippen LogP contribution in [0.25, 0.3) is 0 Å². The van der Waals surface area contributed by atoms with Crippen molar-refractivity contribution in [2.45, 2.75) is 137 Å². The number of rotatable bonds is 9. The van der Waals surface area contributed by atoms with E-state index in [1.54, 1.807) is 6.92 Å². The van der Waals surface area contributed by atoms with E-state index in [0.717, 1.165) is 69.8 Å². The number of aliphatic hydroxyl groups excluding tert-OH is 3. The van der Waals surface area contributed by atoms with Gasteiger partial charge >= 0.3 is 338 Å². The van der Waals surface area contributed by atoms with Crippen LogP contribution in [0.3, 0.4) is 0 Å². The Morgan fingerprint density at radius 1 is 0.957 bits per heavy atom. The van der Waals surface area contributed by atoms with Gasteiger partial charge in [0.25, 0.3) is 0 Å². The Bertz CT molecular complexity index is 1260. The van der Waals surface area contributed by atoms with Gasteiger partial charge in [0.1, 0.15) is 0 Å². The summed E-state index contributed by atoms with van der Waals surface area (Å²) in [7, 11) is 0. The molecule has 0 bridgehead atoms. The van der Waals surface area contributed by atoms with Crippen LogP contribution in [0.15, 0.2) is 12.2 Å². The van der Waals surface area contributed by atoms with Crippen molar-refractivity contribution in [3.8, 4) is 0 Å². The first kappa shape index (κ1) is 40.1. The van der Waals surface area contributed by atoms with Gasteiger partial charge in [0.2, 0.25) is 0 Å². The Morgan fingerprint density at radius 3 is 2.15 bits per heavy atom. The SMILES string of the molecule is C=C(C)C1CC[C@]2(C(=O)OCC(N)(CO)CO)CCC3([I-]C)[C@H](CCC4([I-])[C@@]3(C)CCC3([I-])C(C)(C)[C@@H](OC(C)O)CC[C@@]34C)C12[I-]. The van der Waals surface area contributed by atoms with Crippen LogP contribution in [0.1, 0.15) is 106 Å². The van der Waals surface area contributed by atoms with E-state index in [1.165, 1.54) is 0 Å². The third-order valence-electron chi connectivity index (χ3n) is 14.9. The van der Waals surface area contributed by atoms with Gasteiger partial charge in [-0.15, -0.1) is 0 Å². The van der Waals surface area contributed by atoms with Crippen LogP contribution in [-0.2, 0) is 14.3 Å². The Balaban J connectivity index is 1.60. The predicted octanol–water partition coefficient (Wildman–Crippen LogP) is -7.93. The molecule has 0 aromatic heterocycles. The van der Waals surface area contributed by atoms with Gasteiger partial charge in [0.05, 0.1) is 0 Å². The molecule has 0 aromatic rings. The molecular weight excluding hydrogens is 1050 g/mol. The summed E-state index contributed by atoms with van der Waals surface area (Å²) in [5.74, 6) is 0.375. The molecule has 0 saturated heterocycles. The van der Waals surface area contributed by atoms with Gasteiger partial charge in [-0.3, -0.25) is 0 Å². The number of aliphatic hydroxyl groups is 3. The normalized spacial score (nSPS) is 48.1. The van der Waals surface area contributed by atoms with Crippen molar-refractivity contribution in [3.63, 3.8) is 0 Å². The number of carbonyl (C=O) groups excluding carboxylic acids is 1. The van der Waals surface area contributed by atoms with Crippen molar-refractivity contribution < 1.29 is 119 Å². The van der Waals surface area contributed by atoms with Gasteiger partial charge in [-0.05, 0) is 0 Å². The third-order valence-corrected chi connectivity index (χ3v) is 27.9. The summed E-state index contributed by atoms with van der Waals surface area (Å²) >= 11 is 8.34. The van der Waals surface area contributed by atoms with Crippen molar-refractivity contribution in [1.29, 1.82) is 0 Å². The number of fused-ring (bicyclic) bond motifs is 7. The summed E-state index contributed by atoms with van der Waals surface area (Å²) in [6.07, 6.45) is 9.24. The first-order chi connectivity index (χ1) is 21.6. The van der Waals surface area contributed by atoms with Crippen LogP contribution in [0.4, 0.5) is 0 Å². The number of esters is 1. The molecule has 47 heavy (non-hydrogen) atoms. The van der Waals surface area contributed by atoms with Gasteiger partial charge in [-0.1, -0.05) is 0 Å². The molecule has 0 aromatic carbocycles. The number of alkyl halides is 5. The van der Waals surface area contributed by atoms with Crippen LogP contribution in [0.2, 0.25) is 0 Å². The summed E-state index contributed by atoms with van der Waals surface area (Å²) in [4.78, 5) is 17.0. The van der Waals surface area contributed by atoms with Crippen molar-refractivity contribution in [3.05, 3.63) is 12.2 Å². The zero-order valence-corrected chi connectivity index (χ0v) is 38.0. The van der Waals surface area contributed by atoms with E-state index >= 15 is 0 Å². The van der Waals surface area contributed by atoms with E-state index in [0.29, 0.717) is 5.92 Å². The van der Waals surface area contributed by atoms with Crippen LogP contribution in [0, 0.1) is 33.5 Å². The molecule has 0 amide bonds. The molecule has 5 N–H and O–H groups in total. The maximum absolute atomic E-state index is 14.5. The molecule has 11 heteroatoms. The fourth-order valence-corrected chi connectivity index (χ4v) is 23.6. The number of carbonyl (C=O) groups is 1. The molecular formula is C36H58I4NO6-4. The average molecular weight is 1110 g/mol. The number of halogens is 4. The van der Waals surface area contributed by atoms with Crippen LogP contribution >= 0.6 is 0 Å². The minimum atomic E-state index is -1.35. The second-order valence-corrected chi connectivity index (χ2v) is 25.4. The first-order valence-electron chi connectivity index (χ1n) is 17.4. The summed E-state index contributed by atoms with van der Waals surface area (Å²) in [5.41, 5.74) is 5.37. The molecule has 0 heterocycles. The topological polar surface area (TPSA) is 122 Å². The predicted molar refractivity (Wildman–Crippen MR) is 166 cm³/mol. The monoisotopic (exact) mass is 1110 g/mol. The molecule has 0 aliphatic heterocycles. The molecule has 275 valence electrons. The molecule has 5 aliphatic rings. The summed E-state index contributed by atoms with van der Waals surface area (Å²) in [6.45, 7) is 17.4. The Labute approximate surface area is 334 Å². The maximum atomic E-state index is 14.5. The number of nitrogens with two attached hydrogens (primary N) is 1. The molecule has 5 fully saturated rings. The standard InChI is InChI=1S/C36H58I4NO6/c1-22(2)24-9-13-32(27(45)46-21-31(41,19-42)20-43)16-17-33(40-8)25(36(24,32)39)10-14-35(38)29(33,6)15-18-34(37)28(4,5)26(47-23(3)44)11-12-30(34,35)7/h23-26,42-44H,1,9-21,41H2,2-8H3/q-4/t23?,24?,25-,26-,29-,30-,32+,33?,34?,35?,36?/m0/s1. The fourth-order valence-electron chi connectivity index (χ4n) is 12.1. The van der Waals surface area contributed by atoms with E-state index in [-0.39, 0.29) is 75.7 Å². The Morgan fingerprint density at radius 2 is 1.60 bits per heavy atom. The number of hydrogen-bond donors (Lipinski definition) is 4. The van der Waals surface area contributed by atoms with Crippen molar-refractivity contribution in [1.82, 2.24) is 0 Å². The minimum absolute atomic E-state index is 0.00231. The van der Waals surface area contributed by atoms with Gasteiger partial charge in [0, 0.05) is 0 Å². The van der Waals surface area contributed by atoms with Crippen LogP contribution in [0.5, 0.6) is 0 Å². The molecule has 11 atom stereocenters. The van der Waals surface area contributed by atoms with Crippen molar-refractivity contribution in [2.24, 2.45) is 39.2 Å². The molecule has 3 radical (unpaired) electrons. The van der Waals surface area contributed by atoms with Crippen LogP contribution in [-0.4, -0.2) is 77.7 Å². The summed E-state index contributed by atoms with van der Waals surface area (Å²) in [6, 6.07) is 0. The molecule has 5 aliphatic carbocycles. The second kappa shape index (κ2) is 13.1. The van der Waals surface area contributed by atoms with Crippen LogP contribution < -0.4 is 94.7 Å². The zero-order chi connectivity index (χ0) is 35.3. The van der Waals surface area contributed by atoms with E-state index in [2.05, 4.69) is 114 Å². The number of allylic oxidation sites excluding steroid dienone is 1. The molecule has 5 saturated carbocycles. The second-order valence-electron chi connectivity index (χ2n) is 16.9. The van der Waals surface area contributed by atoms with E-state index in [4.69, 9.17) is 15.2 Å². The number of hydrogen-bond acceptors (Lipinski definition) is 7. The fraction of sp³-hybridized carbons (Fsp3) is 0.917. The van der Waals surface area contributed by atoms with Gasteiger partial charge in [-0.2, -0.15) is 0 Å². The van der Waals surface area contributed by atoms with Gasteiger partial charge < -0.3 is 0 Å². The number of ether oxygens (including phenoxy) is 2. The van der Waals surface area contributed by atoms with Crippen molar-refractivity contribution in [2.75, 3.05) is 24.8 Å². The quantitative estimate of drug-likeness (QED) is 0.0596.